The fourth-order valence-electron chi connectivity index (χ4n) is 4.92. The van der Waals surface area contributed by atoms with Gasteiger partial charge in [-0.25, -0.2) is 4.39 Å². The van der Waals surface area contributed by atoms with E-state index >= 15 is 0 Å². The third-order valence-corrected chi connectivity index (χ3v) is 7.40. The summed E-state index contributed by atoms with van der Waals surface area (Å²) in [5.74, 6) is -2.12. The van der Waals surface area contributed by atoms with Crippen LogP contribution in [0.5, 0.6) is 0 Å². The molecule has 0 saturated carbocycles. The minimum atomic E-state index is -1.88. The molecule has 1 spiro atoms. The lowest BCUT2D eigenvalue weighted by Crippen LogP contribution is -2.53. The molecule has 2 aliphatic heterocycles. The topological polar surface area (TPSA) is 96.6 Å². The third-order valence-electron chi connectivity index (χ3n) is 6.35. The molecule has 0 bridgehead atoms. The van der Waals surface area contributed by atoms with Gasteiger partial charge in [-0.05, 0) is 30.7 Å². The van der Waals surface area contributed by atoms with Crippen LogP contribution in [0.15, 0.2) is 64.3 Å². The molecule has 0 saturated heterocycles. The van der Waals surface area contributed by atoms with Crippen molar-refractivity contribution in [3.8, 4) is 0 Å². The standard InChI is InChI=1S/C25H17FN4O4S/c1-3-11-29-16-8-6-5-7-15(16)25(23(29)33)19-20(31)14-12-13(26)9-10-17(14)34-21(19)22(32)30(25)24-28-27-18(4-2)35-24/h3,5-10,12H,1,4,11H2,2H3. The number of aryl methyl sites for hydroxylation is 1. The highest BCUT2D eigenvalue weighted by Gasteiger charge is 2.66. The van der Waals surface area contributed by atoms with Crippen LogP contribution in [0.4, 0.5) is 15.2 Å². The Balaban J connectivity index is 1.77. The minimum absolute atomic E-state index is 0.0497. The van der Waals surface area contributed by atoms with E-state index in [1.807, 2.05) is 6.92 Å². The van der Waals surface area contributed by atoms with Gasteiger partial charge < -0.3 is 9.32 Å². The van der Waals surface area contributed by atoms with E-state index < -0.39 is 28.6 Å². The van der Waals surface area contributed by atoms with Crippen LogP contribution in [0, 0.1) is 5.82 Å². The molecule has 2 aliphatic rings. The molecule has 0 N–H and O–H groups in total. The maximum absolute atomic E-state index is 14.3. The quantitative estimate of drug-likeness (QED) is 0.406. The molecule has 10 heteroatoms. The molecule has 2 aromatic heterocycles. The van der Waals surface area contributed by atoms with E-state index in [0.29, 0.717) is 22.7 Å². The van der Waals surface area contributed by atoms with E-state index in [-0.39, 0.29) is 34.0 Å². The molecular formula is C25H17FN4O4S. The number of aromatic nitrogens is 2. The van der Waals surface area contributed by atoms with E-state index in [0.717, 1.165) is 23.5 Å². The Morgan fingerprint density at radius 3 is 2.71 bits per heavy atom. The number of anilines is 2. The first-order valence-corrected chi connectivity index (χ1v) is 11.7. The van der Waals surface area contributed by atoms with Gasteiger partial charge >= 0.3 is 0 Å². The van der Waals surface area contributed by atoms with Gasteiger partial charge in [-0.3, -0.25) is 19.3 Å². The minimum Gasteiger partial charge on any atom is -0.450 e. The molecule has 35 heavy (non-hydrogen) atoms. The fourth-order valence-corrected chi connectivity index (χ4v) is 5.75. The fraction of sp³-hybridized carbons (Fsp3) is 0.160. The van der Waals surface area contributed by atoms with Gasteiger partial charge in [0.2, 0.25) is 10.9 Å². The monoisotopic (exact) mass is 488 g/mol. The van der Waals surface area contributed by atoms with Gasteiger partial charge in [0.1, 0.15) is 16.4 Å². The lowest BCUT2D eigenvalue weighted by atomic mass is 9.84. The van der Waals surface area contributed by atoms with Gasteiger partial charge in [0.05, 0.1) is 16.6 Å². The van der Waals surface area contributed by atoms with Crippen molar-refractivity contribution in [2.24, 2.45) is 0 Å². The maximum Gasteiger partial charge on any atom is 0.297 e. The molecule has 174 valence electrons. The second-order valence-electron chi connectivity index (χ2n) is 8.18. The largest absolute Gasteiger partial charge is 0.450 e. The van der Waals surface area contributed by atoms with Crippen molar-refractivity contribution in [3.63, 3.8) is 0 Å². The van der Waals surface area contributed by atoms with Crippen LogP contribution in [-0.2, 0) is 16.8 Å². The Morgan fingerprint density at radius 2 is 1.97 bits per heavy atom. The molecule has 4 heterocycles. The molecule has 2 aromatic carbocycles. The normalized spacial score (nSPS) is 18.6. The number of amides is 2. The molecule has 2 amide bonds. The number of hydrogen-bond donors (Lipinski definition) is 0. The van der Waals surface area contributed by atoms with Gasteiger partial charge in [-0.2, -0.15) is 0 Å². The van der Waals surface area contributed by atoms with Gasteiger partial charge in [0.15, 0.2) is 11.0 Å². The van der Waals surface area contributed by atoms with Crippen LogP contribution in [-0.4, -0.2) is 28.6 Å². The van der Waals surface area contributed by atoms with Gasteiger partial charge in [0, 0.05) is 12.1 Å². The Kier molecular flexibility index (Phi) is 4.52. The Hall–Kier alpha value is -4.18. The maximum atomic E-state index is 14.3. The molecule has 1 atom stereocenters. The summed E-state index contributed by atoms with van der Waals surface area (Å²) in [4.78, 5) is 44.8. The van der Waals surface area contributed by atoms with E-state index in [1.165, 1.54) is 15.9 Å². The second kappa shape index (κ2) is 7.41. The van der Waals surface area contributed by atoms with Crippen LogP contribution in [0.3, 0.4) is 0 Å². The van der Waals surface area contributed by atoms with Crippen molar-refractivity contribution in [3.05, 3.63) is 93.1 Å². The summed E-state index contributed by atoms with van der Waals surface area (Å²) in [5.41, 5.74) is -1.68. The van der Waals surface area contributed by atoms with Crippen molar-refractivity contribution in [2.75, 3.05) is 16.3 Å². The average molecular weight is 489 g/mol. The van der Waals surface area contributed by atoms with E-state index in [9.17, 15) is 18.8 Å². The van der Waals surface area contributed by atoms with Crippen molar-refractivity contribution in [1.29, 1.82) is 0 Å². The SMILES string of the molecule is C=CCN1C(=O)C2(c3ccccc31)c1c(oc3ccc(F)cc3c1=O)C(=O)N2c1nnc(CC)s1. The van der Waals surface area contributed by atoms with Gasteiger partial charge in [-0.1, -0.05) is 42.5 Å². The van der Waals surface area contributed by atoms with Crippen molar-refractivity contribution >= 4 is 44.9 Å². The van der Waals surface area contributed by atoms with Gasteiger partial charge in [0.25, 0.3) is 11.8 Å². The van der Waals surface area contributed by atoms with Crippen LogP contribution >= 0.6 is 11.3 Å². The van der Waals surface area contributed by atoms with E-state index in [2.05, 4.69) is 16.8 Å². The summed E-state index contributed by atoms with van der Waals surface area (Å²) in [6.07, 6.45) is 2.14. The number of carbonyl (C=O) groups is 2. The number of benzene rings is 2. The Bertz CT molecular complexity index is 1640. The lowest BCUT2D eigenvalue weighted by Gasteiger charge is -2.31. The summed E-state index contributed by atoms with van der Waals surface area (Å²) in [6, 6.07) is 10.4. The van der Waals surface area contributed by atoms with Crippen LogP contribution in [0.2, 0.25) is 0 Å². The number of hydrogen-bond acceptors (Lipinski definition) is 7. The molecule has 4 aromatic rings. The number of fused-ring (bicyclic) bond motifs is 5. The Morgan fingerprint density at radius 1 is 1.17 bits per heavy atom. The van der Waals surface area contributed by atoms with Crippen LogP contribution < -0.4 is 15.2 Å². The van der Waals surface area contributed by atoms with Crippen LogP contribution in [0.25, 0.3) is 11.0 Å². The van der Waals surface area contributed by atoms with Crippen molar-refractivity contribution < 1.29 is 18.4 Å². The Labute approximate surface area is 201 Å². The number of para-hydroxylation sites is 1. The summed E-state index contributed by atoms with van der Waals surface area (Å²) < 4.78 is 20.0. The lowest BCUT2D eigenvalue weighted by molar-refractivity contribution is -0.121. The van der Waals surface area contributed by atoms with E-state index in [4.69, 9.17) is 4.42 Å². The molecule has 6 rings (SSSR count). The highest BCUT2D eigenvalue weighted by Crippen LogP contribution is 2.54. The number of carbonyl (C=O) groups excluding carboxylic acids is 2. The van der Waals surface area contributed by atoms with Gasteiger partial charge in [-0.15, -0.1) is 16.8 Å². The highest BCUT2D eigenvalue weighted by atomic mass is 32.1. The summed E-state index contributed by atoms with van der Waals surface area (Å²) in [6.45, 7) is 5.80. The smallest absolute Gasteiger partial charge is 0.297 e. The van der Waals surface area contributed by atoms with Crippen molar-refractivity contribution in [1.82, 2.24) is 10.2 Å². The number of rotatable bonds is 4. The molecule has 0 aliphatic carbocycles. The molecule has 0 fully saturated rings. The predicted octanol–water partition coefficient (Wildman–Crippen LogP) is 3.78. The first-order valence-electron chi connectivity index (χ1n) is 10.9. The number of nitrogens with zero attached hydrogens (tertiary/aromatic N) is 4. The first kappa shape index (κ1) is 21.4. The number of halogens is 1. The zero-order chi connectivity index (χ0) is 24.5. The summed E-state index contributed by atoms with van der Waals surface area (Å²) in [7, 11) is 0. The summed E-state index contributed by atoms with van der Waals surface area (Å²) >= 11 is 1.16. The zero-order valence-electron chi connectivity index (χ0n) is 18.4. The van der Waals surface area contributed by atoms with Crippen LogP contribution in [0.1, 0.15) is 33.6 Å². The highest BCUT2D eigenvalue weighted by molar-refractivity contribution is 7.15. The first-order chi connectivity index (χ1) is 16.9. The molecule has 0 radical (unpaired) electrons. The van der Waals surface area contributed by atoms with E-state index in [1.54, 1.807) is 30.3 Å². The third kappa shape index (κ3) is 2.62. The molecular weight excluding hydrogens is 471 g/mol. The average Bonchev–Trinajstić information content (AvgIpc) is 3.50. The molecule has 8 nitrogen and oxygen atoms in total. The summed E-state index contributed by atoms with van der Waals surface area (Å²) in [5, 5.41) is 9.09. The molecule has 1 unspecified atom stereocenters. The predicted molar refractivity (Wildman–Crippen MR) is 128 cm³/mol. The van der Waals surface area contributed by atoms with Crippen molar-refractivity contribution in [2.45, 2.75) is 18.9 Å². The second-order valence-corrected chi connectivity index (χ2v) is 9.22. The zero-order valence-corrected chi connectivity index (χ0v) is 19.3.